The van der Waals surface area contributed by atoms with Crippen molar-refractivity contribution in [2.24, 2.45) is 0 Å². The first kappa shape index (κ1) is 13.8. The standard InChI is InChI=1S/C19H13NO2/c1-14(21)22-18-7-4-5-15(13-18)9-11-17-12-10-16-6-2-3-8-19(16)20-17/h2-8,10,12-13H,1H3. The fourth-order valence-corrected chi connectivity index (χ4v) is 2.08. The van der Waals surface area contributed by atoms with Crippen molar-refractivity contribution in [3.05, 3.63) is 71.9 Å². The molecule has 1 heterocycles. The summed E-state index contributed by atoms with van der Waals surface area (Å²) in [5.41, 5.74) is 2.40. The molecule has 0 fully saturated rings. The Hall–Kier alpha value is -3.12. The van der Waals surface area contributed by atoms with Crippen LogP contribution in [-0.2, 0) is 4.79 Å². The lowest BCUT2D eigenvalue weighted by Gasteiger charge is -2.00. The number of carbonyl (C=O) groups is 1. The molecule has 3 aromatic rings. The second kappa shape index (κ2) is 6.11. The molecule has 2 aromatic carbocycles. The largest absolute Gasteiger partial charge is 0.427 e. The minimum Gasteiger partial charge on any atom is -0.427 e. The molecule has 0 unspecified atom stereocenters. The van der Waals surface area contributed by atoms with Crippen molar-refractivity contribution < 1.29 is 9.53 Å². The highest BCUT2D eigenvalue weighted by Gasteiger charge is 1.98. The minimum absolute atomic E-state index is 0.346. The van der Waals surface area contributed by atoms with Gasteiger partial charge in [-0.25, -0.2) is 4.98 Å². The SMILES string of the molecule is CC(=O)Oc1cccc(C#Cc2ccc3ccccc3n2)c1. The van der Waals surface area contributed by atoms with E-state index in [9.17, 15) is 4.79 Å². The van der Waals surface area contributed by atoms with Crippen LogP contribution in [0, 0.1) is 11.8 Å². The predicted octanol–water partition coefficient (Wildman–Crippen LogP) is 3.56. The van der Waals surface area contributed by atoms with Crippen molar-refractivity contribution >= 4 is 16.9 Å². The van der Waals surface area contributed by atoms with Crippen molar-refractivity contribution in [1.82, 2.24) is 4.98 Å². The fourth-order valence-electron chi connectivity index (χ4n) is 2.08. The lowest BCUT2D eigenvalue weighted by molar-refractivity contribution is -0.131. The van der Waals surface area contributed by atoms with E-state index in [4.69, 9.17) is 4.74 Å². The molecule has 106 valence electrons. The highest BCUT2D eigenvalue weighted by atomic mass is 16.5. The highest BCUT2D eigenvalue weighted by molar-refractivity contribution is 5.78. The van der Waals surface area contributed by atoms with Gasteiger partial charge in [0.05, 0.1) is 5.52 Å². The van der Waals surface area contributed by atoms with Crippen LogP contribution in [0.5, 0.6) is 5.75 Å². The minimum atomic E-state index is -0.346. The van der Waals surface area contributed by atoms with Gasteiger partial charge in [0.15, 0.2) is 0 Å². The van der Waals surface area contributed by atoms with E-state index in [1.807, 2.05) is 42.5 Å². The molecule has 0 atom stereocenters. The van der Waals surface area contributed by atoms with Crippen LogP contribution in [0.1, 0.15) is 18.2 Å². The second-order valence-corrected chi connectivity index (χ2v) is 4.76. The summed E-state index contributed by atoms with van der Waals surface area (Å²) in [6, 6.07) is 18.9. The molecule has 0 aliphatic carbocycles. The van der Waals surface area contributed by atoms with Crippen LogP contribution in [0.4, 0.5) is 0 Å². The summed E-state index contributed by atoms with van der Waals surface area (Å²) in [6.07, 6.45) is 0. The summed E-state index contributed by atoms with van der Waals surface area (Å²) in [6.45, 7) is 1.37. The van der Waals surface area contributed by atoms with Gasteiger partial charge in [0.2, 0.25) is 0 Å². The van der Waals surface area contributed by atoms with Crippen molar-refractivity contribution in [2.75, 3.05) is 0 Å². The Morgan fingerprint density at radius 2 is 1.86 bits per heavy atom. The summed E-state index contributed by atoms with van der Waals surface area (Å²) in [4.78, 5) is 15.5. The summed E-state index contributed by atoms with van der Waals surface area (Å²) in [5, 5.41) is 1.09. The first-order chi connectivity index (χ1) is 10.7. The molecule has 0 saturated heterocycles. The Labute approximate surface area is 128 Å². The van der Waals surface area contributed by atoms with E-state index in [1.54, 1.807) is 18.2 Å². The number of benzene rings is 2. The van der Waals surface area contributed by atoms with E-state index in [-0.39, 0.29) is 5.97 Å². The first-order valence-electron chi connectivity index (χ1n) is 6.87. The van der Waals surface area contributed by atoms with Gasteiger partial charge in [-0.05, 0) is 36.3 Å². The van der Waals surface area contributed by atoms with Gasteiger partial charge in [-0.15, -0.1) is 0 Å². The molecule has 3 rings (SSSR count). The van der Waals surface area contributed by atoms with Gasteiger partial charge in [-0.1, -0.05) is 36.3 Å². The molecular weight excluding hydrogens is 274 g/mol. The summed E-state index contributed by atoms with van der Waals surface area (Å²) < 4.78 is 5.04. The number of rotatable bonds is 1. The third-order valence-corrected chi connectivity index (χ3v) is 3.03. The molecule has 3 heteroatoms. The molecule has 0 radical (unpaired) electrons. The Morgan fingerprint density at radius 1 is 1.00 bits per heavy atom. The van der Waals surface area contributed by atoms with Crippen LogP contribution in [0.25, 0.3) is 10.9 Å². The number of pyridine rings is 1. The van der Waals surface area contributed by atoms with Crippen LogP contribution in [-0.4, -0.2) is 11.0 Å². The van der Waals surface area contributed by atoms with Crippen molar-refractivity contribution in [2.45, 2.75) is 6.92 Å². The van der Waals surface area contributed by atoms with Crippen LogP contribution in [0.2, 0.25) is 0 Å². The third-order valence-electron chi connectivity index (χ3n) is 3.03. The summed E-state index contributed by atoms with van der Waals surface area (Å²) in [5.74, 6) is 6.21. The number of aromatic nitrogens is 1. The quantitative estimate of drug-likeness (QED) is 0.390. The zero-order chi connectivity index (χ0) is 15.4. The molecule has 22 heavy (non-hydrogen) atoms. The Morgan fingerprint density at radius 3 is 2.73 bits per heavy atom. The Bertz CT molecular complexity index is 904. The maximum atomic E-state index is 11.0. The van der Waals surface area contributed by atoms with E-state index < -0.39 is 0 Å². The Balaban J connectivity index is 1.89. The van der Waals surface area contributed by atoms with E-state index in [2.05, 4.69) is 16.8 Å². The number of hydrogen-bond donors (Lipinski definition) is 0. The fraction of sp³-hybridized carbons (Fsp3) is 0.0526. The Kier molecular flexibility index (Phi) is 3.84. The highest BCUT2D eigenvalue weighted by Crippen LogP contribution is 2.14. The van der Waals surface area contributed by atoms with Gasteiger partial charge in [0, 0.05) is 17.9 Å². The normalized spacial score (nSPS) is 9.86. The molecule has 0 N–H and O–H groups in total. The summed E-state index contributed by atoms with van der Waals surface area (Å²) >= 11 is 0. The summed E-state index contributed by atoms with van der Waals surface area (Å²) in [7, 11) is 0. The van der Waals surface area contributed by atoms with E-state index in [0.717, 1.165) is 16.5 Å². The van der Waals surface area contributed by atoms with Crippen LogP contribution in [0.15, 0.2) is 60.7 Å². The number of esters is 1. The molecule has 0 spiro atoms. The lowest BCUT2D eigenvalue weighted by Crippen LogP contribution is -2.01. The van der Waals surface area contributed by atoms with E-state index >= 15 is 0 Å². The molecule has 1 aromatic heterocycles. The molecule has 0 saturated carbocycles. The van der Waals surface area contributed by atoms with E-state index in [1.165, 1.54) is 6.92 Å². The van der Waals surface area contributed by atoms with Crippen LogP contribution in [0.3, 0.4) is 0 Å². The van der Waals surface area contributed by atoms with Gasteiger partial charge in [0.1, 0.15) is 11.4 Å². The second-order valence-electron chi connectivity index (χ2n) is 4.76. The maximum absolute atomic E-state index is 11.0. The van der Waals surface area contributed by atoms with Gasteiger partial charge in [0.25, 0.3) is 0 Å². The molecular formula is C19H13NO2. The molecule has 0 bridgehead atoms. The van der Waals surface area contributed by atoms with Crippen molar-refractivity contribution in [1.29, 1.82) is 0 Å². The van der Waals surface area contributed by atoms with Crippen LogP contribution >= 0.6 is 0 Å². The number of nitrogens with zero attached hydrogens (tertiary/aromatic N) is 1. The first-order valence-corrected chi connectivity index (χ1v) is 6.87. The van der Waals surface area contributed by atoms with Crippen LogP contribution < -0.4 is 4.74 Å². The van der Waals surface area contributed by atoms with Crippen molar-refractivity contribution in [3.8, 4) is 17.6 Å². The van der Waals surface area contributed by atoms with E-state index in [0.29, 0.717) is 11.4 Å². The molecule has 3 nitrogen and oxygen atoms in total. The zero-order valence-corrected chi connectivity index (χ0v) is 12.0. The maximum Gasteiger partial charge on any atom is 0.308 e. The van der Waals surface area contributed by atoms with Crippen molar-refractivity contribution in [3.63, 3.8) is 0 Å². The third kappa shape index (κ3) is 3.31. The average molecular weight is 287 g/mol. The number of ether oxygens (including phenoxy) is 1. The lowest BCUT2D eigenvalue weighted by atomic mass is 10.2. The zero-order valence-electron chi connectivity index (χ0n) is 12.0. The predicted molar refractivity (Wildman–Crippen MR) is 85.5 cm³/mol. The number of carbonyl (C=O) groups excluding carboxylic acids is 1. The monoisotopic (exact) mass is 287 g/mol. The van der Waals surface area contributed by atoms with Gasteiger partial charge < -0.3 is 4.74 Å². The smallest absolute Gasteiger partial charge is 0.308 e. The molecule has 0 amide bonds. The van der Waals surface area contributed by atoms with Gasteiger partial charge in [-0.2, -0.15) is 0 Å². The number of para-hydroxylation sites is 1. The number of hydrogen-bond acceptors (Lipinski definition) is 3. The van der Waals surface area contributed by atoms with Gasteiger partial charge >= 0.3 is 5.97 Å². The number of fused-ring (bicyclic) bond motifs is 1. The molecule has 0 aliphatic heterocycles. The topological polar surface area (TPSA) is 39.2 Å². The molecule has 0 aliphatic rings. The van der Waals surface area contributed by atoms with Gasteiger partial charge in [-0.3, -0.25) is 4.79 Å². The average Bonchev–Trinajstić information content (AvgIpc) is 2.52.